The first-order chi connectivity index (χ1) is 43.4. The standard InChI is InChI=1S/C86H150N2/c1-9-17-25-32-35-36-37-38-39-40-41-42-43-44-45-46-47-48-49-50-51-54-62-70-84-83(69-55-24-16-8)85(79-71-75(63-56-28-20-12-4)81(67-60-52-33-26-18-10-2)76(72-79)64-57-29-21-13-5)88(87)86(84)80-73-77(65-58-30-22-14-6)82(68-61-53-34-27-19-11-3)78(74-80)66-59-31-23-15-7/h62,70-74H,9-61,63-69H2,1-8H3. The van der Waals surface area contributed by atoms with Crippen molar-refractivity contribution in [1.82, 2.24) is 0 Å². The minimum atomic E-state index is 1.00. The Kier molecular flexibility index (Phi) is 50.5. The number of allylic oxidation sites excluding steroid dienone is 4. The molecule has 0 saturated heterocycles. The second-order valence-electron chi connectivity index (χ2n) is 28.4. The van der Waals surface area contributed by atoms with Gasteiger partial charge in [-0.25, -0.2) is 4.70 Å². The number of nitrogens with zero attached hydrogens (tertiary/aromatic N) is 2. The van der Waals surface area contributed by atoms with Crippen molar-refractivity contribution in [1.29, 1.82) is 0 Å². The predicted octanol–water partition coefficient (Wildman–Crippen LogP) is 29.9. The number of hydrogen-bond donors (Lipinski definition) is 0. The Morgan fingerprint density at radius 3 is 0.795 bits per heavy atom. The molecule has 0 amide bonds. The van der Waals surface area contributed by atoms with E-state index in [1.165, 1.54) is 363 Å². The Morgan fingerprint density at radius 2 is 0.489 bits per heavy atom. The van der Waals surface area contributed by atoms with Gasteiger partial charge in [0.05, 0.1) is 5.57 Å². The number of unbranched alkanes of at least 4 members (excludes halogenated alkanes) is 45. The fraction of sp³-hybridized carbons (Fsp3) is 0.791. The van der Waals surface area contributed by atoms with E-state index in [9.17, 15) is 5.53 Å². The quantitative estimate of drug-likeness (QED) is 0.0466. The molecule has 0 atom stereocenters. The SMILES string of the molecule is CCCCCCCCCCCCCCCCCCCCCCCC=CC1=C(c2cc(CCCCCC)c(CCCCCCCC)c(CCCCCC)c2)[N+](=[N-])C(c2cc(CCCCCC)c(CCCCCCCC)c(CCCCCC)c2)=C1CCCCC. The summed E-state index contributed by atoms with van der Waals surface area (Å²) in [5.41, 5.74) is 30.7. The van der Waals surface area contributed by atoms with E-state index in [2.05, 4.69) is 91.8 Å². The van der Waals surface area contributed by atoms with Gasteiger partial charge in [-0.15, -0.1) is 0 Å². The van der Waals surface area contributed by atoms with E-state index in [-0.39, 0.29) is 0 Å². The predicted molar refractivity (Wildman–Crippen MR) is 396 cm³/mol. The fourth-order valence-electron chi connectivity index (χ4n) is 14.6. The monoisotopic (exact) mass is 1210 g/mol. The summed E-state index contributed by atoms with van der Waals surface area (Å²) in [7, 11) is 0. The molecule has 2 aromatic carbocycles. The molecule has 0 aromatic heterocycles. The van der Waals surface area contributed by atoms with Crippen LogP contribution in [0, 0.1) is 0 Å². The Hall–Kier alpha value is -2.74. The summed E-state index contributed by atoms with van der Waals surface area (Å²) in [5.74, 6) is 0. The molecule has 88 heavy (non-hydrogen) atoms. The number of benzene rings is 2. The number of hydrogen-bond acceptors (Lipinski definition) is 0. The molecule has 0 N–H and O–H groups in total. The topological polar surface area (TPSA) is 25.3 Å². The largest absolute Gasteiger partial charge is 0.493 e. The van der Waals surface area contributed by atoms with Crippen molar-refractivity contribution in [3.63, 3.8) is 0 Å². The van der Waals surface area contributed by atoms with Gasteiger partial charge >= 0.3 is 0 Å². The van der Waals surface area contributed by atoms with E-state index in [0.717, 1.165) is 56.3 Å². The van der Waals surface area contributed by atoms with Crippen LogP contribution in [0.25, 0.3) is 16.9 Å². The van der Waals surface area contributed by atoms with E-state index in [0.29, 0.717) is 0 Å². The molecule has 0 saturated carbocycles. The zero-order chi connectivity index (χ0) is 63.2. The van der Waals surface area contributed by atoms with Crippen molar-refractivity contribution in [3.8, 4) is 0 Å². The minimum absolute atomic E-state index is 1.00. The summed E-state index contributed by atoms with van der Waals surface area (Å²) in [6.07, 6.45) is 84.3. The summed E-state index contributed by atoms with van der Waals surface area (Å²) < 4.78 is 1.79. The molecular formula is C86H150N2. The molecular weight excluding hydrogens is 1060 g/mol. The van der Waals surface area contributed by atoms with Crippen molar-refractivity contribution in [3.05, 3.63) is 97.6 Å². The highest BCUT2D eigenvalue weighted by Crippen LogP contribution is 2.45. The van der Waals surface area contributed by atoms with E-state index < -0.39 is 0 Å². The highest BCUT2D eigenvalue weighted by Gasteiger charge is 2.36. The molecule has 3 rings (SSSR count). The van der Waals surface area contributed by atoms with Crippen LogP contribution in [0.15, 0.2) is 47.6 Å². The van der Waals surface area contributed by atoms with Crippen LogP contribution in [0.4, 0.5) is 0 Å². The minimum Gasteiger partial charge on any atom is -0.493 e. The van der Waals surface area contributed by atoms with Gasteiger partial charge in [-0.05, 0) is 160 Å². The lowest BCUT2D eigenvalue weighted by Crippen LogP contribution is -2.09. The molecule has 0 radical (unpaired) electrons. The van der Waals surface area contributed by atoms with E-state index in [4.69, 9.17) is 0 Å². The van der Waals surface area contributed by atoms with E-state index >= 15 is 0 Å². The smallest absolute Gasteiger partial charge is 0.215 e. The van der Waals surface area contributed by atoms with Gasteiger partial charge < -0.3 is 5.53 Å². The zero-order valence-corrected chi connectivity index (χ0v) is 60.8. The molecule has 2 heteroatoms. The van der Waals surface area contributed by atoms with Crippen molar-refractivity contribution >= 4 is 11.4 Å². The summed E-state index contributed by atoms with van der Waals surface area (Å²) in [6, 6.07) is 10.5. The molecule has 0 spiro atoms. The van der Waals surface area contributed by atoms with Gasteiger partial charge in [0.25, 0.3) is 0 Å². The summed E-state index contributed by atoms with van der Waals surface area (Å²) in [4.78, 5) is 0. The fourth-order valence-corrected chi connectivity index (χ4v) is 14.6. The van der Waals surface area contributed by atoms with E-state index in [1.54, 1.807) is 38.1 Å². The van der Waals surface area contributed by atoms with Crippen LogP contribution in [-0.4, -0.2) is 4.70 Å². The molecule has 2 aromatic rings. The van der Waals surface area contributed by atoms with Gasteiger partial charge in [0.2, 0.25) is 11.4 Å². The van der Waals surface area contributed by atoms with Crippen LogP contribution in [0.5, 0.6) is 0 Å². The summed E-state index contributed by atoms with van der Waals surface area (Å²) in [5, 5.41) is 0. The second kappa shape index (κ2) is 55.9. The molecule has 1 heterocycles. The van der Waals surface area contributed by atoms with Gasteiger partial charge in [-0.3, -0.25) is 0 Å². The lowest BCUT2D eigenvalue weighted by atomic mass is 9.86. The molecule has 1 aliphatic heterocycles. The van der Waals surface area contributed by atoms with Crippen molar-refractivity contribution in [2.45, 2.75) is 441 Å². The third-order valence-corrected chi connectivity index (χ3v) is 20.3. The molecule has 0 aliphatic carbocycles. The summed E-state index contributed by atoms with van der Waals surface area (Å²) >= 11 is 0. The first kappa shape index (κ1) is 79.5. The van der Waals surface area contributed by atoms with E-state index in [1.807, 2.05) is 0 Å². The Morgan fingerprint density at radius 1 is 0.261 bits per heavy atom. The average Bonchev–Trinajstić information content (AvgIpc) is 1.68. The van der Waals surface area contributed by atoms with Gasteiger partial charge in [0.15, 0.2) is 0 Å². The second-order valence-corrected chi connectivity index (χ2v) is 28.4. The van der Waals surface area contributed by atoms with Crippen LogP contribution in [0.3, 0.4) is 0 Å². The Balaban J connectivity index is 2.06. The van der Waals surface area contributed by atoms with Crippen LogP contribution >= 0.6 is 0 Å². The number of aryl methyl sites for hydroxylation is 4. The van der Waals surface area contributed by atoms with Gasteiger partial charge in [0.1, 0.15) is 0 Å². The van der Waals surface area contributed by atoms with Crippen molar-refractivity contribution in [2.24, 2.45) is 0 Å². The van der Waals surface area contributed by atoms with Crippen molar-refractivity contribution in [2.75, 3.05) is 0 Å². The lowest BCUT2D eigenvalue weighted by molar-refractivity contribution is -0.345. The molecule has 0 fully saturated rings. The highest BCUT2D eigenvalue weighted by molar-refractivity contribution is 5.85. The normalized spacial score (nSPS) is 12.9. The molecule has 2 nitrogen and oxygen atoms in total. The molecule has 0 unspecified atom stereocenters. The molecule has 1 aliphatic rings. The highest BCUT2D eigenvalue weighted by atomic mass is 15.2. The van der Waals surface area contributed by atoms with Crippen LogP contribution in [-0.2, 0) is 38.5 Å². The van der Waals surface area contributed by atoms with Crippen molar-refractivity contribution < 1.29 is 4.70 Å². The lowest BCUT2D eigenvalue weighted by Gasteiger charge is -2.20. The van der Waals surface area contributed by atoms with Crippen LogP contribution in [0.2, 0.25) is 0 Å². The third kappa shape index (κ3) is 34.8. The van der Waals surface area contributed by atoms with Gasteiger partial charge in [-0.2, -0.15) is 0 Å². The third-order valence-electron chi connectivity index (χ3n) is 20.3. The van der Waals surface area contributed by atoms with Crippen LogP contribution in [0.1, 0.15) is 447 Å². The maximum Gasteiger partial charge on any atom is 0.215 e. The first-order valence-electron chi connectivity index (χ1n) is 40.4. The number of rotatable bonds is 63. The average molecular weight is 1210 g/mol. The zero-order valence-electron chi connectivity index (χ0n) is 60.8. The molecule has 0 bridgehead atoms. The molecule has 504 valence electrons. The Labute approximate surface area is 551 Å². The van der Waals surface area contributed by atoms with Gasteiger partial charge in [-0.1, -0.05) is 350 Å². The Bertz CT molecular complexity index is 2030. The maximum atomic E-state index is 13.6. The van der Waals surface area contributed by atoms with Gasteiger partial charge in [0, 0.05) is 16.7 Å². The van der Waals surface area contributed by atoms with Crippen LogP contribution < -0.4 is 0 Å². The summed E-state index contributed by atoms with van der Waals surface area (Å²) in [6.45, 7) is 18.8. The first-order valence-corrected chi connectivity index (χ1v) is 40.4. The maximum absolute atomic E-state index is 13.6.